The predicted molar refractivity (Wildman–Crippen MR) is 104 cm³/mol. The van der Waals surface area contributed by atoms with Crippen LogP contribution in [0.2, 0.25) is 10.0 Å². The number of fused-ring (bicyclic) bond motifs is 2. The van der Waals surface area contributed by atoms with Gasteiger partial charge in [-0.2, -0.15) is 0 Å². The van der Waals surface area contributed by atoms with Gasteiger partial charge in [-0.1, -0.05) is 29.3 Å². The fourth-order valence-corrected chi connectivity index (χ4v) is 5.09. The molecule has 1 aliphatic rings. The number of ether oxygens (including phenoxy) is 1. The van der Waals surface area contributed by atoms with Crippen LogP contribution in [-0.4, -0.2) is 16.1 Å². The van der Waals surface area contributed by atoms with E-state index in [0.717, 1.165) is 34.5 Å². The second-order valence-corrected chi connectivity index (χ2v) is 8.00. The number of nitrogens with zero attached hydrogens (tertiary/aromatic N) is 1. The Balaban J connectivity index is 1.71. The molecule has 134 valence electrons. The average Bonchev–Trinajstić information content (AvgIpc) is 3.16. The summed E-state index contributed by atoms with van der Waals surface area (Å²) in [6.45, 7) is 1.98. The number of rotatable bonds is 4. The average molecular weight is 408 g/mol. The van der Waals surface area contributed by atoms with Gasteiger partial charge in [-0.05, 0) is 36.8 Å². The minimum absolute atomic E-state index is 0.0860. The number of aryl methyl sites for hydroxylation is 2. The molecule has 0 amide bonds. The van der Waals surface area contributed by atoms with Gasteiger partial charge in [-0.25, -0.2) is 0 Å². The third kappa shape index (κ3) is 3.04. The molecule has 1 unspecified atom stereocenters. The van der Waals surface area contributed by atoms with E-state index in [9.17, 15) is 4.79 Å². The molecule has 2 aromatic heterocycles. The van der Waals surface area contributed by atoms with Gasteiger partial charge in [0.1, 0.15) is 16.9 Å². The number of halogens is 2. The number of hydrogen-bond acceptors (Lipinski definition) is 4. The maximum atomic E-state index is 11.0. The molecule has 1 aliphatic carbocycles. The van der Waals surface area contributed by atoms with Crippen molar-refractivity contribution >= 4 is 50.6 Å². The lowest BCUT2D eigenvalue weighted by Crippen LogP contribution is -2.04. The molecule has 3 aromatic rings. The quantitative estimate of drug-likeness (QED) is 0.610. The lowest BCUT2D eigenvalue weighted by atomic mass is 10.1. The Hall–Kier alpha value is -1.82. The largest absolute Gasteiger partial charge is 0.484 e. The topological polar surface area (TPSA) is 59.4 Å². The highest BCUT2D eigenvalue weighted by Gasteiger charge is 2.27. The number of aromatic nitrogens is 1. The van der Waals surface area contributed by atoms with Crippen LogP contribution in [0, 0.1) is 6.92 Å². The summed E-state index contributed by atoms with van der Waals surface area (Å²) >= 11 is 14.4. The molecule has 2 heterocycles. The Morgan fingerprint density at radius 3 is 3.00 bits per heavy atom. The van der Waals surface area contributed by atoms with E-state index < -0.39 is 5.97 Å². The van der Waals surface area contributed by atoms with Gasteiger partial charge in [-0.3, -0.25) is 9.78 Å². The molecule has 0 aliphatic heterocycles. The number of carboxylic acids is 1. The van der Waals surface area contributed by atoms with Crippen molar-refractivity contribution in [3.05, 3.63) is 56.1 Å². The molecule has 0 saturated heterocycles. The number of benzene rings is 1. The zero-order valence-corrected chi connectivity index (χ0v) is 16.2. The number of aliphatic carboxylic acids is 1. The monoisotopic (exact) mass is 407 g/mol. The standard InChI is InChI=1S/C19H15Cl2NO3S/c1-9-2-3-11-13(22-9)4-5-14(11)25-15-7-12(20)17-10(6-16(23)24)8-26-19(17)18(15)21/h2-3,7-8,14H,4-6H2,1H3,(H,23,24). The third-order valence-electron chi connectivity index (χ3n) is 4.53. The number of carbonyl (C=O) groups is 1. The number of hydrogen-bond donors (Lipinski definition) is 1. The Bertz CT molecular complexity index is 1030. The summed E-state index contributed by atoms with van der Waals surface area (Å²) in [4.78, 5) is 15.6. The van der Waals surface area contributed by atoms with E-state index in [1.165, 1.54) is 11.3 Å². The molecule has 1 aromatic carbocycles. The van der Waals surface area contributed by atoms with E-state index in [1.54, 1.807) is 11.4 Å². The molecule has 7 heteroatoms. The molecule has 0 saturated carbocycles. The van der Waals surface area contributed by atoms with Crippen LogP contribution < -0.4 is 4.74 Å². The van der Waals surface area contributed by atoms with Crippen molar-refractivity contribution < 1.29 is 14.6 Å². The maximum Gasteiger partial charge on any atom is 0.307 e. The highest BCUT2D eigenvalue weighted by molar-refractivity contribution is 7.18. The first-order valence-electron chi connectivity index (χ1n) is 8.17. The van der Waals surface area contributed by atoms with Crippen molar-refractivity contribution in [3.63, 3.8) is 0 Å². The zero-order valence-electron chi connectivity index (χ0n) is 13.9. The van der Waals surface area contributed by atoms with Crippen LogP contribution in [0.5, 0.6) is 5.75 Å². The van der Waals surface area contributed by atoms with Gasteiger partial charge >= 0.3 is 5.97 Å². The maximum absolute atomic E-state index is 11.0. The van der Waals surface area contributed by atoms with Crippen LogP contribution in [0.15, 0.2) is 23.6 Å². The first kappa shape index (κ1) is 17.6. The summed E-state index contributed by atoms with van der Waals surface area (Å²) < 4.78 is 6.94. The van der Waals surface area contributed by atoms with Gasteiger partial charge < -0.3 is 9.84 Å². The Morgan fingerprint density at radius 1 is 1.42 bits per heavy atom. The SMILES string of the molecule is Cc1ccc2c(n1)CCC2Oc1cc(Cl)c2c(CC(=O)O)csc2c1Cl. The Morgan fingerprint density at radius 2 is 2.23 bits per heavy atom. The van der Waals surface area contributed by atoms with Gasteiger partial charge in [0.15, 0.2) is 0 Å². The Labute approximate surface area is 164 Å². The van der Waals surface area contributed by atoms with Crippen molar-refractivity contribution in [2.75, 3.05) is 0 Å². The third-order valence-corrected chi connectivity index (χ3v) is 6.36. The number of pyridine rings is 1. The van der Waals surface area contributed by atoms with Crippen LogP contribution in [0.3, 0.4) is 0 Å². The van der Waals surface area contributed by atoms with Crippen LogP contribution in [0.4, 0.5) is 0 Å². The van der Waals surface area contributed by atoms with Gasteiger partial charge in [0, 0.05) is 28.4 Å². The van der Waals surface area contributed by atoms with E-state index in [-0.39, 0.29) is 12.5 Å². The molecule has 1 atom stereocenters. The summed E-state index contributed by atoms with van der Waals surface area (Å²) in [5, 5.41) is 12.5. The summed E-state index contributed by atoms with van der Waals surface area (Å²) in [5.74, 6) is -0.381. The molecule has 0 bridgehead atoms. The summed E-state index contributed by atoms with van der Waals surface area (Å²) in [5.41, 5.74) is 3.82. The molecule has 0 spiro atoms. The fourth-order valence-electron chi connectivity index (χ4n) is 3.37. The summed E-state index contributed by atoms with van der Waals surface area (Å²) in [6, 6.07) is 5.72. The van der Waals surface area contributed by atoms with Crippen LogP contribution >= 0.6 is 34.5 Å². The van der Waals surface area contributed by atoms with E-state index >= 15 is 0 Å². The molecular weight excluding hydrogens is 393 g/mol. The molecule has 4 nitrogen and oxygen atoms in total. The molecule has 4 rings (SSSR count). The van der Waals surface area contributed by atoms with E-state index in [0.29, 0.717) is 26.7 Å². The second kappa shape index (κ2) is 6.72. The first-order chi connectivity index (χ1) is 12.4. The molecule has 1 N–H and O–H groups in total. The van der Waals surface area contributed by atoms with E-state index in [4.69, 9.17) is 33.0 Å². The van der Waals surface area contributed by atoms with Crippen molar-refractivity contribution in [3.8, 4) is 5.75 Å². The van der Waals surface area contributed by atoms with Gasteiger partial charge in [0.05, 0.1) is 16.1 Å². The van der Waals surface area contributed by atoms with Crippen LogP contribution in [-0.2, 0) is 17.6 Å². The van der Waals surface area contributed by atoms with Crippen molar-refractivity contribution in [1.82, 2.24) is 4.98 Å². The van der Waals surface area contributed by atoms with Crippen molar-refractivity contribution in [2.45, 2.75) is 32.3 Å². The lowest BCUT2D eigenvalue weighted by molar-refractivity contribution is -0.136. The highest BCUT2D eigenvalue weighted by atomic mass is 35.5. The predicted octanol–water partition coefficient (Wildman–Crippen LogP) is 5.60. The zero-order chi connectivity index (χ0) is 18.4. The minimum atomic E-state index is -0.900. The van der Waals surface area contributed by atoms with Crippen LogP contribution in [0.1, 0.15) is 35.0 Å². The normalized spacial score (nSPS) is 16.0. The molecular formula is C19H15Cl2NO3S. The summed E-state index contributed by atoms with van der Waals surface area (Å²) in [7, 11) is 0. The van der Waals surface area contributed by atoms with Crippen molar-refractivity contribution in [1.29, 1.82) is 0 Å². The molecule has 26 heavy (non-hydrogen) atoms. The molecule has 0 fully saturated rings. The smallest absolute Gasteiger partial charge is 0.307 e. The highest BCUT2D eigenvalue weighted by Crippen LogP contribution is 2.45. The molecule has 0 radical (unpaired) electrons. The Kier molecular flexibility index (Phi) is 4.55. The van der Waals surface area contributed by atoms with Gasteiger partial charge in [0.2, 0.25) is 0 Å². The number of carboxylic acid groups (broad SMARTS) is 1. The second-order valence-electron chi connectivity index (χ2n) is 6.34. The number of thiophene rings is 1. The summed E-state index contributed by atoms with van der Waals surface area (Å²) in [6.07, 6.45) is 1.52. The van der Waals surface area contributed by atoms with Gasteiger partial charge in [-0.15, -0.1) is 11.3 Å². The van der Waals surface area contributed by atoms with E-state index in [2.05, 4.69) is 11.1 Å². The lowest BCUT2D eigenvalue weighted by Gasteiger charge is -2.17. The first-order valence-corrected chi connectivity index (χ1v) is 9.80. The van der Waals surface area contributed by atoms with Crippen molar-refractivity contribution in [2.24, 2.45) is 0 Å². The van der Waals surface area contributed by atoms with Crippen LogP contribution in [0.25, 0.3) is 10.1 Å². The fraction of sp³-hybridized carbons (Fsp3) is 0.263. The van der Waals surface area contributed by atoms with E-state index in [1.807, 2.05) is 13.0 Å². The van der Waals surface area contributed by atoms with Gasteiger partial charge in [0.25, 0.3) is 0 Å². The minimum Gasteiger partial charge on any atom is -0.484 e.